The molecule has 1 saturated heterocycles. The van der Waals surface area contributed by atoms with Gasteiger partial charge in [-0.15, -0.1) is 0 Å². The van der Waals surface area contributed by atoms with Crippen molar-refractivity contribution in [1.82, 2.24) is 9.88 Å². The first-order valence-electron chi connectivity index (χ1n) is 7.45. The van der Waals surface area contributed by atoms with Gasteiger partial charge in [0.25, 0.3) is 5.92 Å². The van der Waals surface area contributed by atoms with E-state index in [1.165, 1.54) is 13.3 Å². The fourth-order valence-electron chi connectivity index (χ4n) is 2.54. The summed E-state index contributed by atoms with van der Waals surface area (Å²) in [6.45, 7) is 4.67. The smallest absolute Gasteiger partial charge is 0.410 e. The molecule has 2 heterocycles. The predicted molar refractivity (Wildman–Crippen MR) is 80.9 cm³/mol. The summed E-state index contributed by atoms with van der Waals surface area (Å²) in [4.78, 5) is 17.2. The maximum Gasteiger partial charge on any atom is 0.410 e. The molecule has 1 fully saturated rings. The van der Waals surface area contributed by atoms with Crippen LogP contribution in [0.1, 0.15) is 38.7 Å². The number of piperidine rings is 1. The Labute approximate surface area is 134 Å². The Morgan fingerprint density at radius 2 is 2.09 bits per heavy atom. The zero-order chi connectivity index (χ0) is 17.3. The quantitative estimate of drug-likeness (QED) is 0.834. The number of nitrogens with zero attached hydrogens (tertiary/aromatic N) is 2. The van der Waals surface area contributed by atoms with E-state index in [1.54, 1.807) is 32.9 Å². The molecule has 1 aromatic heterocycles. The molecular formula is C16H22F2N2O3. The van der Waals surface area contributed by atoms with Crippen LogP contribution in [0, 0.1) is 0 Å². The van der Waals surface area contributed by atoms with Crippen LogP contribution in [0.25, 0.3) is 0 Å². The number of alkyl halides is 2. The lowest BCUT2D eigenvalue weighted by Crippen LogP contribution is -2.50. The van der Waals surface area contributed by atoms with Gasteiger partial charge in [0.15, 0.2) is 0 Å². The van der Waals surface area contributed by atoms with Gasteiger partial charge in [-0.05, 0) is 26.3 Å². The summed E-state index contributed by atoms with van der Waals surface area (Å²) >= 11 is 0. The number of likely N-dealkylation sites (tertiary alicyclic amines) is 1. The number of hydrogen-bond donors (Lipinski definition) is 0. The van der Waals surface area contributed by atoms with E-state index in [2.05, 4.69) is 4.98 Å². The molecular weight excluding hydrogens is 306 g/mol. The average Bonchev–Trinajstić information content (AvgIpc) is 2.44. The van der Waals surface area contributed by atoms with Gasteiger partial charge < -0.3 is 14.4 Å². The second-order valence-corrected chi connectivity index (χ2v) is 6.75. The minimum absolute atomic E-state index is 0.179. The normalized spacial score (nSPS) is 21.0. The topological polar surface area (TPSA) is 51.7 Å². The molecule has 2 rings (SSSR count). The number of rotatable bonds is 2. The van der Waals surface area contributed by atoms with Crippen molar-refractivity contribution in [3.05, 3.63) is 23.9 Å². The first kappa shape index (κ1) is 17.4. The first-order valence-corrected chi connectivity index (χ1v) is 7.45. The summed E-state index contributed by atoms with van der Waals surface area (Å²) < 4.78 is 38.2. The highest BCUT2D eigenvalue weighted by atomic mass is 19.3. The molecule has 1 aromatic rings. The van der Waals surface area contributed by atoms with Crippen LogP contribution in [0.4, 0.5) is 13.6 Å². The van der Waals surface area contributed by atoms with E-state index in [4.69, 9.17) is 9.47 Å². The molecule has 1 aliphatic rings. The fraction of sp³-hybridized carbons (Fsp3) is 0.625. The molecule has 0 aromatic carbocycles. The van der Waals surface area contributed by atoms with E-state index >= 15 is 0 Å². The lowest BCUT2D eigenvalue weighted by atomic mass is 9.90. The van der Waals surface area contributed by atoms with Crippen LogP contribution in [0.2, 0.25) is 0 Å². The van der Waals surface area contributed by atoms with Crippen LogP contribution in [-0.4, -0.2) is 47.7 Å². The third-order valence-corrected chi connectivity index (χ3v) is 3.50. The predicted octanol–water partition coefficient (Wildman–Crippen LogP) is 3.45. The van der Waals surface area contributed by atoms with Gasteiger partial charge in [0.2, 0.25) is 5.88 Å². The Balaban J connectivity index is 2.16. The van der Waals surface area contributed by atoms with Crippen LogP contribution >= 0.6 is 0 Å². The van der Waals surface area contributed by atoms with Gasteiger partial charge in [0.1, 0.15) is 5.60 Å². The molecule has 1 aliphatic heterocycles. The summed E-state index contributed by atoms with van der Waals surface area (Å²) in [7, 11) is 1.49. The van der Waals surface area contributed by atoms with E-state index in [0.717, 1.165) is 4.90 Å². The van der Waals surface area contributed by atoms with E-state index in [-0.39, 0.29) is 13.0 Å². The number of carbonyl (C=O) groups is 1. The van der Waals surface area contributed by atoms with Gasteiger partial charge in [-0.3, -0.25) is 0 Å². The van der Waals surface area contributed by atoms with Crippen molar-refractivity contribution in [3.8, 4) is 5.88 Å². The average molecular weight is 328 g/mol. The summed E-state index contributed by atoms with van der Waals surface area (Å²) in [5.41, 5.74) is -0.0696. The third-order valence-electron chi connectivity index (χ3n) is 3.50. The summed E-state index contributed by atoms with van der Waals surface area (Å²) in [6, 6.07) is 3.32. The lowest BCUT2D eigenvalue weighted by molar-refractivity contribution is -0.0756. The third kappa shape index (κ3) is 4.77. The molecule has 23 heavy (non-hydrogen) atoms. The standard InChI is InChI=1S/C16H22F2N2O3/c1-15(2,3)23-14(21)20-9-12(7-16(17,18)10-20)11-5-6-13(22-4)19-8-11/h5-6,8,12H,7,9-10H2,1-4H3. The number of amides is 1. The van der Waals surface area contributed by atoms with E-state index in [1.807, 2.05) is 0 Å². The Bertz CT molecular complexity index is 555. The van der Waals surface area contributed by atoms with Crippen molar-refractivity contribution in [2.45, 2.75) is 44.6 Å². The Kier molecular flexibility index (Phi) is 4.77. The highest BCUT2D eigenvalue weighted by Crippen LogP contribution is 2.36. The number of pyridine rings is 1. The van der Waals surface area contributed by atoms with Crippen molar-refractivity contribution >= 4 is 6.09 Å². The van der Waals surface area contributed by atoms with Crippen LogP contribution in [-0.2, 0) is 4.74 Å². The maximum absolute atomic E-state index is 14.0. The molecule has 0 spiro atoms. The molecule has 0 N–H and O–H groups in total. The van der Waals surface area contributed by atoms with Crippen LogP contribution in [0.3, 0.4) is 0 Å². The number of carbonyl (C=O) groups excluding carboxylic acids is 1. The molecule has 1 amide bonds. The highest BCUT2D eigenvalue weighted by molar-refractivity contribution is 5.68. The van der Waals surface area contributed by atoms with Crippen LogP contribution in [0.5, 0.6) is 5.88 Å². The summed E-state index contributed by atoms with van der Waals surface area (Å²) in [5.74, 6) is -3.04. The minimum atomic E-state index is -2.96. The largest absolute Gasteiger partial charge is 0.481 e. The molecule has 0 radical (unpaired) electrons. The van der Waals surface area contributed by atoms with Gasteiger partial charge in [-0.25, -0.2) is 18.6 Å². The lowest BCUT2D eigenvalue weighted by Gasteiger charge is -2.38. The monoisotopic (exact) mass is 328 g/mol. The zero-order valence-electron chi connectivity index (χ0n) is 13.8. The summed E-state index contributed by atoms with van der Waals surface area (Å²) in [6.07, 6.45) is 0.474. The van der Waals surface area contributed by atoms with Crippen molar-refractivity contribution < 1.29 is 23.0 Å². The number of halogens is 2. The first-order chi connectivity index (χ1) is 10.6. The molecule has 7 heteroatoms. The second-order valence-electron chi connectivity index (χ2n) is 6.75. The van der Waals surface area contributed by atoms with E-state index < -0.39 is 30.1 Å². The fourth-order valence-corrected chi connectivity index (χ4v) is 2.54. The van der Waals surface area contributed by atoms with Crippen LogP contribution in [0.15, 0.2) is 18.3 Å². The number of ether oxygens (including phenoxy) is 2. The molecule has 0 bridgehead atoms. The number of methoxy groups -OCH3 is 1. The molecule has 5 nitrogen and oxygen atoms in total. The zero-order valence-corrected chi connectivity index (χ0v) is 13.8. The molecule has 1 unspecified atom stereocenters. The van der Waals surface area contributed by atoms with Crippen molar-refractivity contribution in [2.75, 3.05) is 20.2 Å². The van der Waals surface area contributed by atoms with Crippen molar-refractivity contribution in [2.24, 2.45) is 0 Å². The number of hydrogen-bond acceptors (Lipinski definition) is 4. The minimum Gasteiger partial charge on any atom is -0.481 e. The molecule has 0 saturated carbocycles. The van der Waals surface area contributed by atoms with Gasteiger partial charge in [-0.2, -0.15) is 0 Å². The Morgan fingerprint density at radius 3 is 2.61 bits per heavy atom. The molecule has 0 aliphatic carbocycles. The Hall–Kier alpha value is -1.92. The van der Waals surface area contributed by atoms with E-state index in [0.29, 0.717) is 11.4 Å². The molecule has 1 atom stereocenters. The van der Waals surface area contributed by atoms with Crippen molar-refractivity contribution in [1.29, 1.82) is 0 Å². The SMILES string of the molecule is COc1ccc(C2CN(C(=O)OC(C)(C)C)CC(F)(F)C2)cn1. The molecule has 128 valence electrons. The van der Waals surface area contributed by atoms with Gasteiger partial charge in [0, 0.05) is 31.1 Å². The van der Waals surface area contributed by atoms with Gasteiger partial charge in [-0.1, -0.05) is 6.07 Å². The number of aromatic nitrogens is 1. The van der Waals surface area contributed by atoms with E-state index in [9.17, 15) is 13.6 Å². The van der Waals surface area contributed by atoms with Gasteiger partial charge in [0.05, 0.1) is 13.7 Å². The summed E-state index contributed by atoms with van der Waals surface area (Å²) in [5, 5.41) is 0. The Morgan fingerprint density at radius 1 is 1.39 bits per heavy atom. The maximum atomic E-state index is 14.0. The highest BCUT2D eigenvalue weighted by Gasteiger charge is 2.43. The van der Waals surface area contributed by atoms with Gasteiger partial charge >= 0.3 is 6.09 Å². The van der Waals surface area contributed by atoms with Crippen molar-refractivity contribution in [3.63, 3.8) is 0 Å². The second kappa shape index (κ2) is 6.29. The van der Waals surface area contributed by atoms with Crippen LogP contribution < -0.4 is 4.74 Å².